The van der Waals surface area contributed by atoms with Crippen LogP contribution in [0, 0.1) is 10.1 Å². The van der Waals surface area contributed by atoms with Crippen molar-refractivity contribution in [1.29, 1.82) is 0 Å². The van der Waals surface area contributed by atoms with Crippen molar-refractivity contribution in [2.24, 2.45) is 0 Å². The van der Waals surface area contributed by atoms with Gasteiger partial charge in [-0.2, -0.15) is 0 Å². The summed E-state index contributed by atoms with van der Waals surface area (Å²) >= 11 is 0. The number of nitro groups is 1. The summed E-state index contributed by atoms with van der Waals surface area (Å²) in [5.41, 5.74) is -0.833. The second-order valence-corrected chi connectivity index (χ2v) is 4.24. The smallest absolute Gasteiger partial charge is 0.342 e. The van der Waals surface area contributed by atoms with Gasteiger partial charge in [0.1, 0.15) is 11.3 Å². The van der Waals surface area contributed by atoms with Gasteiger partial charge in [0.15, 0.2) is 0 Å². The van der Waals surface area contributed by atoms with E-state index in [0.29, 0.717) is 18.8 Å². The van der Waals surface area contributed by atoms with Crippen LogP contribution in [0.4, 0.5) is 5.69 Å². The number of hydrogen-bond acceptors (Lipinski definition) is 5. The van der Waals surface area contributed by atoms with Gasteiger partial charge in [0.05, 0.1) is 17.9 Å². The molecule has 0 aliphatic carbocycles. The molecule has 0 fully saturated rings. The third kappa shape index (κ3) is 3.78. The predicted molar refractivity (Wildman–Crippen MR) is 72.4 cm³/mol. The number of carbonyl (C=O) groups is 1. The van der Waals surface area contributed by atoms with Gasteiger partial charge in [0.2, 0.25) is 0 Å². The van der Waals surface area contributed by atoms with E-state index in [9.17, 15) is 14.9 Å². The van der Waals surface area contributed by atoms with Gasteiger partial charge in [0.25, 0.3) is 5.69 Å². The van der Waals surface area contributed by atoms with Crippen molar-refractivity contribution in [3.05, 3.63) is 52.6 Å². The van der Waals surface area contributed by atoms with E-state index in [0.717, 1.165) is 18.7 Å². The number of hydrogen-bond donors (Lipinski definition) is 1. The first-order valence-electron chi connectivity index (χ1n) is 6.18. The predicted octanol–water partition coefficient (Wildman–Crippen LogP) is 1.96. The zero-order valence-electron chi connectivity index (χ0n) is 11.0. The van der Waals surface area contributed by atoms with E-state index in [4.69, 9.17) is 9.84 Å². The molecule has 110 valence electrons. The van der Waals surface area contributed by atoms with E-state index in [1.54, 1.807) is 12.5 Å². The van der Waals surface area contributed by atoms with Crippen LogP contribution >= 0.6 is 0 Å². The Morgan fingerprint density at radius 1 is 1.48 bits per heavy atom. The minimum absolute atomic E-state index is 0.295. The molecule has 2 aromatic rings. The third-order valence-corrected chi connectivity index (χ3v) is 2.78. The van der Waals surface area contributed by atoms with E-state index < -0.39 is 16.6 Å². The monoisotopic (exact) mass is 291 g/mol. The van der Waals surface area contributed by atoms with Gasteiger partial charge in [-0.1, -0.05) is 0 Å². The molecule has 1 N–H and O–H groups in total. The molecule has 0 bridgehead atoms. The molecule has 0 saturated carbocycles. The molecule has 0 aliphatic heterocycles. The van der Waals surface area contributed by atoms with Gasteiger partial charge >= 0.3 is 5.97 Å². The topological polar surface area (TPSA) is 107 Å². The first kappa shape index (κ1) is 14.5. The number of aromatic carboxylic acids is 1. The molecule has 1 aromatic heterocycles. The standard InChI is InChI=1S/C13H13N3O5/c17-13(18)11-8-10(2-3-12(11)16(19)20)21-7-1-5-15-6-4-14-9-15/h2-4,6,8-9H,1,5,7H2,(H,17,18). The van der Waals surface area contributed by atoms with Crippen LogP contribution < -0.4 is 4.74 Å². The quantitative estimate of drug-likeness (QED) is 0.474. The van der Waals surface area contributed by atoms with Crippen LogP contribution in [0.25, 0.3) is 0 Å². The fourth-order valence-corrected chi connectivity index (χ4v) is 1.79. The molecule has 0 unspecified atom stereocenters. The number of aryl methyl sites for hydroxylation is 1. The van der Waals surface area contributed by atoms with Crippen molar-refractivity contribution < 1.29 is 19.6 Å². The minimum atomic E-state index is -1.36. The van der Waals surface area contributed by atoms with Crippen LogP contribution in [-0.4, -0.2) is 32.2 Å². The lowest BCUT2D eigenvalue weighted by molar-refractivity contribution is -0.385. The van der Waals surface area contributed by atoms with Gasteiger partial charge < -0.3 is 14.4 Å². The van der Waals surface area contributed by atoms with Crippen molar-refractivity contribution in [2.75, 3.05) is 6.61 Å². The van der Waals surface area contributed by atoms with Crippen LogP contribution in [0.5, 0.6) is 5.75 Å². The van der Waals surface area contributed by atoms with Gasteiger partial charge in [-0.3, -0.25) is 10.1 Å². The molecule has 1 aromatic carbocycles. The maximum atomic E-state index is 11.0. The normalized spacial score (nSPS) is 10.3. The highest BCUT2D eigenvalue weighted by Gasteiger charge is 2.20. The second kappa shape index (κ2) is 6.51. The second-order valence-electron chi connectivity index (χ2n) is 4.24. The summed E-state index contributed by atoms with van der Waals surface area (Å²) in [5.74, 6) is -1.06. The Bertz CT molecular complexity index is 639. The number of ether oxygens (including phenoxy) is 1. The van der Waals surface area contributed by atoms with Crippen LogP contribution in [-0.2, 0) is 6.54 Å². The third-order valence-electron chi connectivity index (χ3n) is 2.78. The van der Waals surface area contributed by atoms with E-state index in [1.807, 2.05) is 10.8 Å². The molecular formula is C13H13N3O5. The summed E-state index contributed by atoms with van der Waals surface area (Å²) in [6.45, 7) is 1.09. The summed E-state index contributed by atoms with van der Waals surface area (Å²) in [5, 5.41) is 19.7. The van der Waals surface area contributed by atoms with Crippen molar-refractivity contribution >= 4 is 11.7 Å². The molecule has 8 nitrogen and oxygen atoms in total. The van der Waals surface area contributed by atoms with Crippen LogP contribution in [0.1, 0.15) is 16.8 Å². The van der Waals surface area contributed by atoms with Crippen molar-refractivity contribution in [1.82, 2.24) is 9.55 Å². The Morgan fingerprint density at radius 2 is 2.29 bits per heavy atom. The Labute approximate surface area is 119 Å². The maximum Gasteiger partial charge on any atom is 0.342 e. The fraction of sp³-hybridized carbons (Fsp3) is 0.231. The molecule has 0 saturated heterocycles. The Hall–Kier alpha value is -2.90. The highest BCUT2D eigenvalue weighted by molar-refractivity contribution is 5.92. The summed E-state index contributed by atoms with van der Waals surface area (Å²) < 4.78 is 7.30. The number of imidazole rings is 1. The summed E-state index contributed by atoms with van der Waals surface area (Å²) in [6, 6.07) is 3.69. The van der Waals surface area contributed by atoms with Crippen LogP contribution in [0.15, 0.2) is 36.9 Å². The zero-order chi connectivity index (χ0) is 15.2. The first-order valence-corrected chi connectivity index (χ1v) is 6.18. The van der Waals surface area contributed by atoms with Gasteiger partial charge in [-0.05, 0) is 12.5 Å². The lowest BCUT2D eigenvalue weighted by Gasteiger charge is -2.07. The Morgan fingerprint density at radius 3 is 2.90 bits per heavy atom. The van der Waals surface area contributed by atoms with E-state index in [2.05, 4.69) is 4.98 Å². The lowest BCUT2D eigenvalue weighted by atomic mass is 10.1. The lowest BCUT2D eigenvalue weighted by Crippen LogP contribution is -2.06. The molecule has 0 aliphatic rings. The van der Waals surface area contributed by atoms with E-state index >= 15 is 0 Å². The molecule has 2 rings (SSSR count). The molecule has 1 heterocycles. The molecular weight excluding hydrogens is 278 g/mol. The molecule has 0 atom stereocenters. The van der Waals surface area contributed by atoms with Gasteiger partial charge in [0, 0.05) is 31.1 Å². The number of aromatic nitrogens is 2. The number of carboxylic acid groups (broad SMARTS) is 1. The molecule has 21 heavy (non-hydrogen) atoms. The molecule has 0 spiro atoms. The summed E-state index contributed by atoms with van der Waals surface area (Å²) in [4.78, 5) is 24.9. The highest BCUT2D eigenvalue weighted by Crippen LogP contribution is 2.24. The number of nitrogens with zero attached hydrogens (tertiary/aromatic N) is 3. The fourth-order valence-electron chi connectivity index (χ4n) is 1.79. The number of carboxylic acids is 1. The highest BCUT2D eigenvalue weighted by atomic mass is 16.6. The van der Waals surface area contributed by atoms with Gasteiger partial charge in [-0.25, -0.2) is 9.78 Å². The zero-order valence-corrected chi connectivity index (χ0v) is 11.0. The van der Waals surface area contributed by atoms with Crippen molar-refractivity contribution in [3.8, 4) is 5.75 Å². The van der Waals surface area contributed by atoms with Crippen LogP contribution in [0.3, 0.4) is 0 Å². The summed E-state index contributed by atoms with van der Waals surface area (Å²) in [6.07, 6.45) is 5.90. The Balaban J connectivity index is 1.95. The summed E-state index contributed by atoms with van der Waals surface area (Å²) in [7, 11) is 0. The molecule has 0 radical (unpaired) electrons. The number of benzene rings is 1. The van der Waals surface area contributed by atoms with E-state index in [1.165, 1.54) is 6.07 Å². The van der Waals surface area contributed by atoms with Crippen LogP contribution in [0.2, 0.25) is 0 Å². The minimum Gasteiger partial charge on any atom is -0.493 e. The Kier molecular flexibility index (Phi) is 4.50. The molecule has 0 amide bonds. The number of nitro benzene ring substituents is 1. The van der Waals surface area contributed by atoms with Gasteiger partial charge in [-0.15, -0.1) is 0 Å². The maximum absolute atomic E-state index is 11.0. The van der Waals surface area contributed by atoms with Crippen molar-refractivity contribution in [3.63, 3.8) is 0 Å². The number of rotatable bonds is 7. The first-order chi connectivity index (χ1) is 10.1. The van der Waals surface area contributed by atoms with E-state index in [-0.39, 0.29) is 5.56 Å². The molecule has 8 heteroatoms. The average molecular weight is 291 g/mol. The van der Waals surface area contributed by atoms with Crippen molar-refractivity contribution in [2.45, 2.75) is 13.0 Å². The average Bonchev–Trinajstić information content (AvgIpc) is 2.96. The SMILES string of the molecule is O=C(O)c1cc(OCCCn2ccnc2)ccc1[N+](=O)[O-]. The largest absolute Gasteiger partial charge is 0.493 e.